The van der Waals surface area contributed by atoms with Crippen molar-refractivity contribution in [3.63, 3.8) is 0 Å². The van der Waals surface area contributed by atoms with Crippen molar-refractivity contribution in [1.29, 1.82) is 0 Å². The predicted octanol–water partition coefficient (Wildman–Crippen LogP) is 1.77. The molecule has 2 fully saturated rings. The fourth-order valence-electron chi connectivity index (χ4n) is 4.65. The minimum Gasteiger partial charge on any atom is -0.361 e. The van der Waals surface area contributed by atoms with Crippen LogP contribution in [-0.4, -0.2) is 63.8 Å². The maximum absolute atomic E-state index is 13.0. The first-order valence-corrected chi connectivity index (χ1v) is 11.2. The number of aromatic nitrogens is 2. The number of benzene rings is 1. The molecule has 4 heterocycles. The predicted molar refractivity (Wildman–Crippen MR) is 121 cm³/mol. The summed E-state index contributed by atoms with van der Waals surface area (Å²) in [4.78, 5) is 36.9. The Bertz CT molecular complexity index is 1090. The van der Waals surface area contributed by atoms with Crippen molar-refractivity contribution in [2.75, 3.05) is 26.2 Å². The zero-order valence-electron chi connectivity index (χ0n) is 18.0. The van der Waals surface area contributed by atoms with Crippen molar-refractivity contribution in [2.24, 2.45) is 0 Å². The van der Waals surface area contributed by atoms with E-state index in [1.807, 2.05) is 52.5 Å². The second-order valence-corrected chi connectivity index (χ2v) is 8.48. The Balaban J connectivity index is 1.10. The van der Waals surface area contributed by atoms with E-state index < -0.39 is 0 Å². The average Bonchev–Trinajstić information content (AvgIpc) is 3.50. The summed E-state index contributed by atoms with van der Waals surface area (Å²) in [6.07, 6.45) is 7.46. The number of carbonyl (C=O) groups excluding carboxylic acids is 2. The molecule has 2 aliphatic rings. The number of nitrogens with one attached hydrogen (secondary N) is 3. The van der Waals surface area contributed by atoms with E-state index in [0.29, 0.717) is 39.0 Å². The van der Waals surface area contributed by atoms with Crippen LogP contribution in [0.1, 0.15) is 30.0 Å². The smallest absolute Gasteiger partial charge is 0.241 e. The van der Waals surface area contributed by atoms with Gasteiger partial charge >= 0.3 is 0 Å². The molecule has 2 aliphatic heterocycles. The molecule has 166 valence electrons. The van der Waals surface area contributed by atoms with Crippen LogP contribution >= 0.6 is 0 Å². The second kappa shape index (κ2) is 9.10. The Labute approximate surface area is 187 Å². The van der Waals surface area contributed by atoms with Crippen LogP contribution in [0.2, 0.25) is 0 Å². The quantitative estimate of drug-likeness (QED) is 0.572. The van der Waals surface area contributed by atoms with Gasteiger partial charge in [0, 0.05) is 68.1 Å². The number of hydrogen-bond donors (Lipinski definition) is 3. The number of carbonyl (C=O) groups is 2. The molecule has 5 rings (SSSR count). The molecule has 0 saturated carbocycles. The Morgan fingerprint density at radius 3 is 2.62 bits per heavy atom. The van der Waals surface area contributed by atoms with Crippen LogP contribution in [0.25, 0.3) is 10.9 Å². The number of fused-ring (bicyclic) bond motifs is 1. The van der Waals surface area contributed by atoms with Gasteiger partial charge in [-0.1, -0.05) is 24.3 Å². The largest absolute Gasteiger partial charge is 0.361 e. The second-order valence-electron chi connectivity index (χ2n) is 8.48. The topological polar surface area (TPSA) is 93.4 Å². The number of H-pyrrole nitrogens is 1. The highest BCUT2D eigenvalue weighted by atomic mass is 16.2. The summed E-state index contributed by atoms with van der Waals surface area (Å²) in [5.41, 5.74) is 9.68. The number of hydrazine groups is 1. The third kappa shape index (κ3) is 4.24. The van der Waals surface area contributed by atoms with Crippen molar-refractivity contribution in [3.8, 4) is 0 Å². The van der Waals surface area contributed by atoms with E-state index in [-0.39, 0.29) is 23.9 Å². The fraction of sp³-hybridized carbons (Fsp3) is 0.375. The Hall–Kier alpha value is -3.23. The summed E-state index contributed by atoms with van der Waals surface area (Å²) < 4.78 is 0. The first kappa shape index (κ1) is 20.7. The minimum atomic E-state index is -0.260. The van der Waals surface area contributed by atoms with Gasteiger partial charge in [-0.25, -0.2) is 10.9 Å². The number of piperazine rings is 1. The number of amides is 2. The Morgan fingerprint density at radius 2 is 1.81 bits per heavy atom. The van der Waals surface area contributed by atoms with Gasteiger partial charge < -0.3 is 14.8 Å². The molecule has 32 heavy (non-hydrogen) atoms. The third-order valence-electron chi connectivity index (χ3n) is 6.52. The molecule has 2 aromatic heterocycles. The fourth-order valence-corrected chi connectivity index (χ4v) is 4.65. The highest BCUT2D eigenvalue weighted by Gasteiger charge is 2.34. The van der Waals surface area contributed by atoms with Gasteiger partial charge in [-0.05, 0) is 36.1 Å². The lowest BCUT2D eigenvalue weighted by Crippen LogP contribution is -2.54. The maximum Gasteiger partial charge on any atom is 0.241 e. The molecule has 0 aliphatic carbocycles. The molecule has 0 radical (unpaired) electrons. The molecule has 1 aromatic carbocycles. The van der Waals surface area contributed by atoms with Gasteiger partial charge in [0.1, 0.15) is 6.04 Å². The summed E-state index contributed by atoms with van der Waals surface area (Å²) in [5.74, 6) is 0.245. The lowest BCUT2D eigenvalue weighted by molar-refractivity contribution is -0.140. The highest BCUT2D eigenvalue weighted by Crippen LogP contribution is 2.23. The maximum atomic E-state index is 13.0. The molecular formula is C24H28N6O2. The van der Waals surface area contributed by atoms with Crippen LogP contribution in [0, 0.1) is 0 Å². The number of para-hydroxylation sites is 1. The van der Waals surface area contributed by atoms with Crippen molar-refractivity contribution < 1.29 is 9.59 Å². The molecular weight excluding hydrogens is 404 g/mol. The van der Waals surface area contributed by atoms with E-state index in [1.165, 1.54) is 10.9 Å². The van der Waals surface area contributed by atoms with Gasteiger partial charge in [0.15, 0.2) is 0 Å². The molecule has 2 atom stereocenters. The van der Waals surface area contributed by atoms with E-state index in [9.17, 15) is 9.59 Å². The number of aromatic amines is 1. The molecule has 3 N–H and O–H groups in total. The van der Waals surface area contributed by atoms with Crippen LogP contribution in [0.4, 0.5) is 0 Å². The lowest BCUT2D eigenvalue weighted by Gasteiger charge is -2.36. The number of rotatable bonds is 5. The molecule has 8 heteroatoms. The van der Waals surface area contributed by atoms with E-state index in [4.69, 9.17) is 0 Å². The van der Waals surface area contributed by atoms with Crippen molar-refractivity contribution in [2.45, 2.75) is 31.3 Å². The zero-order valence-corrected chi connectivity index (χ0v) is 18.0. The van der Waals surface area contributed by atoms with Gasteiger partial charge in [0.05, 0.1) is 0 Å². The molecule has 2 amide bonds. The van der Waals surface area contributed by atoms with Crippen molar-refractivity contribution in [3.05, 3.63) is 66.1 Å². The molecule has 0 bridgehead atoms. The van der Waals surface area contributed by atoms with Gasteiger partial charge in [0.25, 0.3) is 0 Å². The first-order valence-electron chi connectivity index (χ1n) is 11.2. The van der Waals surface area contributed by atoms with Gasteiger partial charge in [0.2, 0.25) is 11.8 Å². The summed E-state index contributed by atoms with van der Waals surface area (Å²) in [5, 5.41) is 1.18. The monoisotopic (exact) mass is 432 g/mol. The van der Waals surface area contributed by atoms with Crippen LogP contribution in [0.5, 0.6) is 0 Å². The minimum absolute atomic E-state index is 0.0741. The van der Waals surface area contributed by atoms with Crippen LogP contribution in [0.3, 0.4) is 0 Å². The van der Waals surface area contributed by atoms with Gasteiger partial charge in [-0.2, -0.15) is 0 Å². The SMILES string of the molecule is O=C(CCc1c[nH]c2ccccc12)N1CCN(C(=O)C2CC(c3cccnc3)NN2)CC1. The van der Waals surface area contributed by atoms with Crippen LogP contribution in [-0.2, 0) is 16.0 Å². The molecule has 3 aromatic rings. The first-order chi connectivity index (χ1) is 15.7. The van der Waals surface area contributed by atoms with E-state index in [0.717, 1.165) is 17.5 Å². The average molecular weight is 433 g/mol. The van der Waals surface area contributed by atoms with E-state index >= 15 is 0 Å². The van der Waals surface area contributed by atoms with Crippen molar-refractivity contribution >= 4 is 22.7 Å². The standard InChI is InChI=1S/C24H28N6O2/c31-23(8-7-17-16-26-20-6-2-1-5-19(17)20)29-10-12-30(13-11-29)24(32)22-14-21(27-28-22)18-4-3-9-25-15-18/h1-6,9,15-16,21-22,26-28H,7-8,10-14H2. The van der Waals surface area contributed by atoms with Gasteiger partial charge in [-0.3, -0.25) is 14.6 Å². The molecule has 2 saturated heterocycles. The third-order valence-corrected chi connectivity index (χ3v) is 6.52. The summed E-state index contributed by atoms with van der Waals surface area (Å²) in [7, 11) is 0. The lowest BCUT2D eigenvalue weighted by atomic mass is 10.0. The highest BCUT2D eigenvalue weighted by molar-refractivity contribution is 5.85. The Morgan fingerprint density at radius 1 is 1.00 bits per heavy atom. The number of nitrogens with zero attached hydrogens (tertiary/aromatic N) is 3. The number of aryl methyl sites for hydroxylation is 1. The Kier molecular flexibility index (Phi) is 5.87. The van der Waals surface area contributed by atoms with Crippen LogP contribution in [0.15, 0.2) is 55.0 Å². The van der Waals surface area contributed by atoms with E-state index in [1.54, 1.807) is 6.20 Å². The number of pyridine rings is 1. The van der Waals surface area contributed by atoms with E-state index in [2.05, 4.69) is 26.9 Å². The normalized spacial score (nSPS) is 21.2. The summed E-state index contributed by atoms with van der Waals surface area (Å²) >= 11 is 0. The molecule has 0 spiro atoms. The van der Waals surface area contributed by atoms with Crippen LogP contribution < -0.4 is 10.9 Å². The number of hydrogen-bond acceptors (Lipinski definition) is 5. The summed E-state index contributed by atoms with van der Waals surface area (Å²) in [6, 6.07) is 11.9. The van der Waals surface area contributed by atoms with Crippen molar-refractivity contribution in [1.82, 2.24) is 30.6 Å². The molecule has 8 nitrogen and oxygen atoms in total. The van der Waals surface area contributed by atoms with Gasteiger partial charge in [-0.15, -0.1) is 0 Å². The molecule has 2 unspecified atom stereocenters. The zero-order chi connectivity index (χ0) is 21.9. The summed E-state index contributed by atoms with van der Waals surface area (Å²) in [6.45, 7) is 2.33.